The lowest BCUT2D eigenvalue weighted by atomic mass is 10.1. The van der Waals surface area contributed by atoms with Gasteiger partial charge in [0.2, 0.25) is 0 Å². The lowest BCUT2D eigenvalue weighted by molar-refractivity contribution is -0.144. The number of ether oxygens (including phenoxy) is 1. The highest BCUT2D eigenvalue weighted by Gasteiger charge is 2.09. The van der Waals surface area contributed by atoms with Crippen LogP contribution in [0, 0.1) is 5.82 Å². The van der Waals surface area contributed by atoms with Gasteiger partial charge in [-0.3, -0.25) is 4.79 Å². The molecule has 1 atom stereocenters. The first-order chi connectivity index (χ1) is 12.5. The van der Waals surface area contributed by atoms with Crippen molar-refractivity contribution in [3.05, 3.63) is 77.6 Å². The summed E-state index contributed by atoms with van der Waals surface area (Å²) in [5.41, 5.74) is 1.75. The first-order valence-electron chi connectivity index (χ1n) is 8.46. The molecule has 4 nitrogen and oxygen atoms in total. The Morgan fingerprint density at radius 3 is 2.65 bits per heavy atom. The Bertz CT molecular complexity index is 759. The normalized spacial score (nSPS) is 11.9. The minimum atomic E-state index is -0.652. The average molecular weight is 355 g/mol. The van der Waals surface area contributed by atoms with Crippen molar-refractivity contribution in [1.82, 2.24) is 5.32 Å². The quantitative estimate of drug-likeness (QED) is 0.582. The van der Waals surface area contributed by atoms with Crippen LogP contribution in [0.1, 0.15) is 24.5 Å². The Balaban J connectivity index is 1.68. The van der Waals surface area contributed by atoms with Crippen LogP contribution in [0.5, 0.6) is 0 Å². The van der Waals surface area contributed by atoms with Crippen molar-refractivity contribution in [3.8, 4) is 0 Å². The second-order valence-electron chi connectivity index (χ2n) is 5.99. The Morgan fingerprint density at radius 1 is 1.15 bits per heavy atom. The molecule has 1 N–H and O–H groups in total. The van der Waals surface area contributed by atoms with Gasteiger partial charge < -0.3 is 10.1 Å². The number of halogens is 1. The number of amides is 1. The third-order valence-electron chi connectivity index (χ3n) is 3.72. The third-order valence-corrected chi connectivity index (χ3v) is 3.72. The highest BCUT2D eigenvalue weighted by Crippen LogP contribution is 2.06. The number of carbonyl (C=O) groups is 2. The van der Waals surface area contributed by atoms with Crippen molar-refractivity contribution < 1.29 is 18.7 Å². The molecule has 2 aromatic carbocycles. The zero-order valence-corrected chi connectivity index (χ0v) is 14.7. The van der Waals surface area contributed by atoms with E-state index in [0.717, 1.165) is 12.8 Å². The molecule has 2 aromatic rings. The molecule has 0 bridgehead atoms. The Labute approximate surface area is 152 Å². The van der Waals surface area contributed by atoms with E-state index in [-0.39, 0.29) is 24.4 Å². The predicted octanol–water partition coefficient (Wildman–Crippen LogP) is 3.52. The fourth-order valence-electron chi connectivity index (χ4n) is 2.38. The van der Waals surface area contributed by atoms with Crippen molar-refractivity contribution in [2.75, 3.05) is 6.61 Å². The van der Waals surface area contributed by atoms with Crippen LogP contribution in [0.25, 0.3) is 6.08 Å². The summed E-state index contributed by atoms with van der Waals surface area (Å²) in [5, 5.41) is 2.80. The van der Waals surface area contributed by atoms with E-state index in [1.807, 2.05) is 37.3 Å². The van der Waals surface area contributed by atoms with E-state index in [9.17, 15) is 14.0 Å². The van der Waals surface area contributed by atoms with Gasteiger partial charge in [-0.25, -0.2) is 9.18 Å². The van der Waals surface area contributed by atoms with Crippen molar-refractivity contribution in [2.24, 2.45) is 0 Å². The van der Waals surface area contributed by atoms with Crippen LogP contribution >= 0.6 is 0 Å². The minimum absolute atomic E-state index is 0.0238. The van der Waals surface area contributed by atoms with E-state index in [2.05, 4.69) is 5.32 Å². The van der Waals surface area contributed by atoms with E-state index in [4.69, 9.17) is 4.74 Å². The fraction of sp³-hybridized carbons (Fsp3) is 0.238. The molecule has 0 radical (unpaired) electrons. The Kier molecular flexibility index (Phi) is 7.55. The van der Waals surface area contributed by atoms with Crippen molar-refractivity contribution >= 4 is 18.0 Å². The van der Waals surface area contributed by atoms with E-state index in [0.29, 0.717) is 5.56 Å². The number of hydrogen-bond donors (Lipinski definition) is 1. The molecule has 0 aliphatic carbocycles. The average Bonchev–Trinajstić information content (AvgIpc) is 2.64. The van der Waals surface area contributed by atoms with Crippen LogP contribution in [0.4, 0.5) is 4.39 Å². The Morgan fingerprint density at radius 2 is 1.92 bits per heavy atom. The number of carbonyl (C=O) groups excluding carboxylic acids is 2. The number of aryl methyl sites for hydroxylation is 1. The molecule has 1 amide bonds. The molecular weight excluding hydrogens is 333 g/mol. The smallest absolute Gasteiger partial charge is 0.331 e. The maximum Gasteiger partial charge on any atom is 0.331 e. The highest BCUT2D eigenvalue weighted by atomic mass is 19.1. The molecule has 0 saturated heterocycles. The minimum Gasteiger partial charge on any atom is -0.452 e. The van der Waals surface area contributed by atoms with Crippen LogP contribution < -0.4 is 5.32 Å². The molecule has 2 rings (SSSR count). The number of nitrogens with one attached hydrogen (secondary N) is 1. The van der Waals surface area contributed by atoms with Gasteiger partial charge in [0.25, 0.3) is 5.91 Å². The van der Waals surface area contributed by atoms with Gasteiger partial charge in [0.05, 0.1) is 0 Å². The molecule has 1 unspecified atom stereocenters. The van der Waals surface area contributed by atoms with Crippen LogP contribution in [0.2, 0.25) is 0 Å². The summed E-state index contributed by atoms with van der Waals surface area (Å²) >= 11 is 0. The van der Waals surface area contributed by atoms with E-state index in [1.165, 1.54) is 29.8 Å². The molecule has 136 valence electrons. The lowest BCUT2D eigenvalue weighted by Crippen LogP contribution is -2.36. The monoisotopic (exact) mass is 355 g/mol. The summed E-state index contributed by atoms with van der Waals surface area (Å²) in [7, 11) is 0. The van der Waals surface area contributed by atoms with E-state index >= 15 is 0 Å². The largest absolute Gasteiger partial charge is 0.452 e. The van der Waals surface area contributed by atoms with Crippen molar-refractivity contribution in [1.29, 1.82) is 0 Å². The fourth-order valence-corrected chi connectivity index (χ4v) is 2.38. The standard InChI is InChI=1S/C21H22FNO3/c1-16(10-11-17-6-3-2-4-7-17)23-20(24)15-26-21(25)13-12-18-8-5-9-19(22)14-18/h2-9,12-14,16H,10-11,15H2,1H3,(H,23,24)/b13-12+. The van der Waals surface area contributed by atoms with Crippen LogP contribution in [-0.4, -0.2) is 24.5 Å². The molecular formula is C21H22FNO3. The van der Waals surface area contributed by atoms with E-state index in [1.54, 1.807) is 12.1 Å². The SMILES string of the molecule is CC(CCc1ccccc1)NC(=O)COC(=O)/C=C/c1cccc(F)c1. The van der Waals surface area contributed by atoms with Gasteiger partial charge in [-0.2, -0.15) is 0 Å². The van der Waals surface area contributed by atoms with Crippen LogP contribution in [-0.2, 0) is 20.7 Å². The van der Waals surface area contributed by atoms with Crippen molar-refractivity contribution in [2.45, 2.75) is 25.8 Å². The molecule has 5 heteroatoms. The highest BCUT2D eigenvalue weighted by molar-refractivity contribution is 5.89. The van der Waals surface area contributed by atoms with Crippen molar-refractivity contribution in [3.63, 3.8) is 0 Å². The maximum absolute atomic E-state index is 13.0. The number of esters is 1. The molecule has 0 aliphatic rings. The number of benzene rings is 2. The first-order valence-corrected chi connectivity index (χ1v) is 8.46. The summed E-state index contributed by atoms with van der Waals surface area (Å²) in [4.78, 5) is 23.4. The van der Waals surface area contributed by atoms with Gasteiger partial charge in [0.15, 0.2) is 6.61 Å². The zero-order valence-electron chi connectivity index (χ0n) is 14.7. The third kappa shape index (κ3) is 7.30. The topological polar surface area (TPSA) is 55.4 Å². The molecule has 0 saturated carbocycles. The molecule has 0 heterocycles. The summed E-state index contributed by atoms with van der Waals surface area (Å²) in [6, 6.07) is 15.8. The van der Waals surface area contributed by atoms with Gasteiger partial charge in [0, 0.05) is 12.1 Å². The van der Waals surface area contributed by atoms with Gasteiger partial charge in [-0.15, -0.1) is 0 Å². The van der Waals surface area contributed by atoms with Gasteiger partial charge in [0.1, 0.15) is 5.82 Å². The summed E-state index contributed by atoms with van der Waals surface area (Å²) in [5.74, 6) is -1.39. The second kappa shape index (κ2) is 10.1. The van der Waals surface area contributed by atoms with Crippen LogP contribution in [0.3, 0.4) is 0 Å². The maximum atomic E-state index is 13.0. The zero-order chi connectivity index (χ0) is 18.8. The number of rotatable bonds is 8. The number of hydrogen-bond acceptors (Lipinski definition) is 3. The molecule has 0 aliphatic heterocycles. The molecule has 26 heavy (non-hydrogen) atoms. The van der Waals surface area contributed by atoms with Gasteiger partial charge in [-0.05, 0) is 49.1 Å². The first kappa shape index (κ1) is 19.4. The summed E-state index contributed by atoms with van der Waals surface area (Å²) in [6.45, 7) is 1.56. The molecule has 0 fully saturated rings. The second-order valence-corrected chi connectivity index (χ2v) is 5.99. The predicted molar refractivity (Wildman–Crippen MR) is 98.8 cm³/mol. The molecule has 0 spiro atoms. The summed E-state index contributed by atoms with van der Waals surface area (Å²) in [6.07, 6.45) is 4.26. The molecule has 0 aromatic heterocycles. The van der Waals surface area contributed by atoms with Gasteiger partial charge >= 0.3 is 5.97 Å². The summed E-state index contributed by atoms with van der Waals surface area (Å²) < 4.78 is 17.9. The lowest BCUT2D eigenvalue weighted by Gasteiger charge is -2.13. The Hall–Kier alpha value is -2.95. The van der Waals surface area contributed by atoms with Crippen LogP contribution in [0.15, 0.2) is 60.7 Å². The van der Waals surface area contributed by atoms with Gasteiger partial charge in [-0.1, -0.05) is 42.5 Å². The van der Waals surface area contributed by atoms with E-state index < -0.39 is 5.97 Å².